The van der Waals surface area contributed by atoms with Crippen LogP contribution in [0.15, 0.2) is 23.8 Å². The molecule has 1 rings (SSSR count). The molecule has 0 bridgehead atoms. The highest BCUT2D eigenvalue weighted by atomic mass is 15.3. The average Bonchev–Trinajstić information content (AvgIpc) is 2.94. The van der Waals surface area contributed by atoms with Crippen molar-refractivity contribution < 1.29 is 0 Å². The van der Waals surface area contributed by atoms with Gasteiger partial charge in [0.2, 0.25) is 0 Å². The molecule has 0 amide bonds. The molecule has 1 heterocycles. The molecule has 0 aromatic rings. The Bertz CT molecular complexity index is 201. The maximum atomic E-state index is 3.34. The molecular formula is C16H34N2. The lowest BCUT2D eigenvalue weighted by atomic mass is 10.1. The van der Waals surface area contributed by atoms with Crippen molar-refractivity contribution in [2.75, 3.05) is 26.3 Å². The second-order valence-corrected chi connectivity index (χ2v) is 3.92. The molecular weight excluding hydrogens is 220 g/mol. The van der Waals surface area contributed by atoms with Crippen LogP contribution in [0, 0.1) is 0 Å². The topological polar surface area (TPSA) is 15.3 Å². The quantitative estimate of drug-likeness (QED) is 0.740. The van der Waals surface area contributed by atoms with Gasteiger partial charge in [0.1, 0.15) is 0 Å². The summed E-state index contributed by atoms with van der Waals surface area (Å²) in [6, 6.07) is 0. The van der Waals surface area contributed by atoms with E-state index in [9.17, 15) is 0 Å². The van der Waals surface area contributed by atoms with E-state index >= 15 is 0 Å². The summed E-state index contributed by atoms with van der Waals surface area (Å²) in [5.41, 5.74) is 1.48. The highest BCUT2D eigenvalue weighted by molar-refractivity contribution is 5.09. The monoisotopic (exact) mass is 254 g/mol. The molecule has 0 atom stereocenters. The minimum Gasteiger partial charge on any atom is -0.303 e. The Balaban J connectivity index is 0. The van der Waals surface area contributed by atoms with Crippen LogP contribution >= 0.6 is 0 Å². The molecule has 1 aliphatic rings. The van der Waals surface area contributed by atoms with E-state index in [1.807, 2.05) is 27.7 Å². The fourth-order valence-corrected chi connectivity index (χ4v) is 1.67. The lowest BCUT2D eigenvalue weighted by Crippen LogP contribution is -2.23. The lowest BCUT2D eigenvalue weighted by molar-refractivity contribution is 0.330. The van der Waals surface area contributed by atoms with E-state index in [0.717, 1.165) is 13.2 Å². The van der Waals surface area contributed by atoms with Crippen LogP contribution in [0.4, 0.5) is 0 Å². The molecule has 0 saturated carbocycles. The van der Waals surface area contributed by atoms with E-state index < -0.39 is 0 Å². The van der Waals surface area contributed by atoms with Crippen LogP contribution in [-0.2, 0) is 0 Å². The molecule has 0 aliphatic carbocycles. The molecule has 0 unspecified atom stereocenters. The zero-order valence-electron chi connectivity index (χ0n) is 13.4. The van der Waals surface area contributed by atoms with Gasteiger partial charge in [0.05, 0.1) is 0 Å². The van der Waals surface area contributed by atoms with Crippen molar-refractivity contribution in [2.45, 2.75) is 54.4 Å². The minimum atomic E-state index is 1.08. The van der Waals surface area contributed by atoms with E-state index in [2.05, 4.69) is 42.3 Å². The Morgan fingerprint density at radius 2 is 1.89 bits per heavy atom. The third-order valence-electron chi connectivity index (χ3n) is 2.56. The van der Waals surface area contributed by atoms with Gasteiger partial charge in [0, 0.05) is 19.8 Å². The second-order valence-electron chi connectivity index (χ2n) is 3.92. The highest BCUT2D eigenvalue weighted by Crippen LogP contribution is 2.06. The fraction of sp³-hybridized carbons (Fsp3) is 0.750. The molecule has 0 radical (unpaired) electrons. The van der Waals surface area contributed by atoms with Crippen LogP contribution in [-0.4, -0.2) is 31.2 Å². The van der Waals surface area contributed by atoms with Crippen molar-refractivity contribution in [1.29, 1.82) is 0 Å². The molecule has 0 aromatic heterocycles. The highest BCUT2D eigenvalue weighted by Gasteiger charge is 2.08. The molecule has 0 aromatic carbocycles. The molecule has 1 fully saturated rings. The van der Waals surface area contributed by atoms with Gasteiger partial charge in [-0.3, -0.25) is 4.90 Å². The first-order chi connectivity index (χ1) is 8.83. The molecule has 1 saturated heterocycles. The summed E-state index contributed by atoms with van der Waals surface area (Å²) in [7, 11) is 0. The SMILES string of the molecule is C/C=C\C=C(/C)CCCN1CCNC1.CC.CC. The number of hydrogen-bond donors (Lipinski definition) is 1. The van der Waals surface area contributed by atoms with Gasteiger partial charge >= 0.3 is 0 Å². The molecule has 2 nitrogen and oxygen atoms in total. The summed E-state index contributed by atoms with van der Waals surface area (Å²) in [5.74, 6) is 0. The summed E-state index contributed by atoms with van der Waals surface area (Å²) < 4.78 is 0. The van der Waals surface area contributed by atoms with Crippen molar-refractivity contribution >= 4 is 0 Å². The van der Waals surface area contributed by atoms with E-state index in [1.54, 1.807) is 0 Å². The summed E-state index contributed by atoms with van der Waals surface area (Å²) in [5, 5.41) is 3.34. The Labute approximate surface area is 115 Å². The maximum Gasteiger partial charge on any atom is 0.0481 e. The maximum absolute atomic E-state index is 3.34. The van der Waals surface area contributed by atoms with Gasteiger partial charge in [0.25, 0.3) is 0 Å². The molecule has 1 N–H and O–H groups in total. The van der Waals surface area contributed by atoms with Crippen molar-refractivity contribution in [3.05, 3.63) is 23.8 Å². The van der Waals surface area contributed by atoms with Crippen molar-refractivity contribution in [2.24, 2.45) is 0 Å². The molecule has 1 aliphatic heterocycles. The van der Waals surface area contributed by atoms with Crippen molar-refractivity contribution in [3.8, 4) is 0 Å². The van der Waals surface area contributed by atoms with Gasteiger partial charge in [-0.1, -0.05) is 51.5 Å². The predicted molar refractivity (Wildman–Crippen MR) is 84.9 cm³/mol. The van der Waals surface area contributed by atoms with Gasteiger partial charge < -0.3 is 5.32 Å². The third-order valence-corrected chi connectivity index (χ3v) is 2.56. The average molecular weight is 254 g/mol. The largest absolute Gasteiger partial charge is 0.303 e. The van der Waals surface area contributed by atoms with Crippen LogP contribution in [0.3, 0.4) is 0 Å². The zero-order chi connectivity index (χ0) is 14.2. The molecule has 0 spiro atoms. The van der Waals surface area contributed by atoms with Crippen LogP contribution in [0.1, 0.15) is 54.4 Å². The van der Waals surface area contributed by atoms with Crippen LogP contribution in [0.25, 0.3) is 0 Å². The summed E-state index contributed by atoms with van der Waals surface area (Å²) in [6.45, 7) is 17.0. The van der Waals surface area contributed by atoms with Crippen LogP contribution < -0.4 is 5.32 Å². The zero-order valence-corrected chi connectivity index (χ0v) is 13.4. The normalized spacial score (nSPS) is 16.0. The van der Waals surface area contributed by atoms with Crippen LogP contribution in [0.2, 0.25) is 0 Å². The number of hydrogen-bond acceptors (Lipinski definition) is 2. The molecule has 108 valence electrons. The Morgan fingerprint density at radius 1 is 1.22 bits per heavy atom. The minimum absolute atomic E-state index is 1.08. The smallest absolute Gasteiger partial charge is 0.0481 e. The van der Waals surface area contributed by atoms with E-state index in [0.29, 0.717) is 0 Å². The number of rotatable bonds is 5. The summed E-state index contributed by atoms with van der Waals surface area (Å²) in [6.07, 6.45) is 8.91. The van der Waals surface area contributed by atoms with Gasteiger partial charge in [-0.15, -0.1) is 0 Å². The Morgan fingerprint density at radius 3 is 2.39 bits per heavy atom. The molecule has 18 heavy (non-hydrogen) atoms. The van der Waals surface area contributed by atoms with Gasteiger partial charge in [0.15, 0.2) is 0 Å². The standard InChI is InChI=1S/C12H22N2.2C2H6/c1-3-4-6-12(2)7-5-9-14-10-8-13-11-14;2*1-2/h3-4,6,13H,5,7-11H2,1-2H3;2*1-2H3/b4-3-,12-6+;;. The Hall–Kier alpha value is -0.600. The molecule has 2 heteroatoms. The first-order valence-corrected chi connectivity index (χ1v) is 7.54. The van der Waals surface area contributed by atoms with Gasteiger partial charge in [-0.25, -0.2) is 0 Å². The summed E-state index contributed by atoms with van der Waals surface area (Å²) in [4.78, 5) is 2.48. The van der Waals surface area contributed by atoms with Crippen LogP contribution in [0.5, 0.6) is 0 Å². The lowest BCUT2D eigenvalue weighted by Gasteiger charge is -2.12. The van der Waals surface area contributed by atoms with Crippen molar-refractivity contribution in [1.82, 2.24) is 10.2 Å². The summed E-state index contributed by atoms with van der Waals surface area (Å²) >= 11 is 0. The first kappa shape index (κ1) is 19.7. The second kappa shape index (κ2) is 16.4. The van der Waals surface area contributed by atoms with E-state index in [1.165, 1.54) is 31.5 Å². The third kappa shape index (κ3) is 11.9. The van der Waals surface area contributed by atoms with Gasteiger partial charge in [-0.05, 0) is 33.2 Å². The first-order valence-electron chi connectivity index (χ1n) is 7.54. The van der Waals surface area contributed by atoms with E-state index in [4.69, 9.17) is 0 Å². The van der Waals surface area contributed by atoms with E-state index in [-0.39, 0.29) is 0 Å². The predicted octanol–water partition coefficient (Wildman–Crippen LogP) is 4.20. The van der Waals surface area contributed by atoms with Crippen molar-refractivity contribution in [3.63, 3.8) is 0 Å². The number of allylic oxidation sites excluding steroid dienone is 4. The van der Waals surface area contributed by atoms with Gasteiger partial charge in [-0.2, -0.15) is 0 Å². The number of nitrogens with one attached hydrogen (secondary N) is 1. The fourth-order valence-electron chi connectivity index (χ4n) is 1.67. The number of nitrogens with zero attached hydrogens (tertiary/aromatic N) is 1. The Kier molecular flexibility index (Phi) is 18.0.